The van der Waals surface area contributed by atoms with E-state index in [4.69, 9.17) is 15.3 Å². The number of likely N-dealkylation sites (tertiary alicyclic amines) is 1. The molecule has 1 unspecified atom stereocenters. The zero-order valence-electron chi connectivity index (χ0n) is 23.8. The minimum absolute atomic E-state index is 0.0646. The van der Waals surface area contributed by atoms with Crippen LogP contribution in [0.15, 0.2) is 16.8 Å². The lowest BCUT2D eigenvalue weighted by atomic mass is 9.43. The van der Waals surface area contributed by atoms with Crippen LogP contribution in [-0.2, 0) is 9.57 Å². The van der Waals surface area contributed by atoms with Gasteiger partial charge in [-0.3, -0.25) is 0 Å². The standard InChI is InChI=1S/C31H53N3O3/c1-23(22-33-37-18-14-32)20-25-10-13-31(35)28-9-7-24-6-8-26(36-19-17-34-15-4-5-16-34)21-29(24,2)27(28)11-12-30(25,31)3/h20,22,24-28,35H,4-19,21,32H2,1-3H3/t24-,25+,26?,27-,28+,29-,30+,31-/m0/s1. The van der Waals surface area contributed by atoms with Crippen molar-refractivity contribution >= 4 is 6.21 Å². The van der Waals surface area contributed by atoms with Gasteiger partial charge in [-0.1, -0.05) is 25.1 Å². The number of aliphatic hydroxyl groups is 1. The molecule has 1 saturated heterocycles. The molecule has 5 rings (SSSR count). The minimum Gasteiger partial charge on any atom is -0.394 e. The Bertz CT molecular complexity index is 842. The van der Waals surface area contributed by atoms with Gasteiger partial charge < -0.3 is 25.3 Å². The van der Waals surface area contributed by atoms with E-state index >= 15 is 0 Å². The summed E-state index contributed by atoms with van der Waals surface area (Å²) in [6.07, 6.45) is 17.8. The number of fused-ring (bicyclic) bond motifs is 5. The van der Waals surface area contributed by atoms with Crippen LogP contribution in [0, 0.1) is 34.5 Å². The largest absolute Gasteiger partial charge is 0.394 e. The zero-order valence-corrected chi connectivity index (χ0v) is 23.8. The summed E-state index contributed by atoms with van der Waals surface area (Å²) in [5.74, 6) is 2.21. The van der Waals surface area contributed by atoms with Crippen molar-refractivity contribution in [2.45, 2.75) is 103 Å². The predicted octanol–water partition coefficient (Wildman–Crippen LogP) is 5.15. The second-order valence-electron chi connectivity index (χ2n) is 13.6. The lowest BCUT2D eigenvalue weighted by molar-refractivity contribution is -0.211. The van der Waals surface area contributed by atoms with Gasteiger partial charge in [-0.25, -0.2) is 0 Å². The summed E-state index contributed by atoms with van der Waals surface area (Å²) >= 11 is 0. The highest BCUT2D eigenvalue weighted by Gasteiger charge is 2.66. The maximum atomic E-state index is 12.5. The Morgan fingerprint density at radius 1 is 1.03 bits per heavy atom. The zero-order chi connectivity index (χ0) is 26.1. The summed E-state index contributed by atoms with van der Waals surface area (Å²) in [5.41, 5.74) is 6.27. The third-order valence-electron chi connectivity index (χ3n) is 11.8. The second kappa shape index (κ2) is 11.3. The smallest absolute Gasteiger partial charge is 0.129 e. The molecule has 6 nitrogen and oxygen atoms in total. The quantitative estimate of drug-likeness (QED) is 0.252. The van der Waals surface area contributed by atoms with E-state index in [0.29, 0.717) is 42.4 Å². The van der Waals surface area contributed by atoms with Crippen molar-refractivity contribution in [1.82, 2.24) is 4.90 Å². The number of nitrogens with two attached hydrogens (primary N) is 1. The van der Waals surface area contributed by atoms with Crippen LogP contribution in [-0.4, -0.2) is 67.3 Å². The fraction of sp³-hybridized carbons (Fsp3) is 0.903. The highest BCUT2D eigenvalue weighted by atomic mass is 16.6. The molecule has 0 aromatic rings. The molecule has 4 saturated carbocycles. The molecule has 0 spiro atoms. The van der Waals surface area contributed by atoms with Crippen molar-refractivity contribution in [3.63, 3.8) is 0 Å². The number of ether oxygens (including phenoxy) is 1. The fourth-order valence-electron chi connectivity index (χ4n) is 9.67. The number of allylic oxidation sites excluding steroid dienone is 2. The van der Waals surface area contributed by atoms with Gasteiger partial charge in [0.1, 0.15) is 6.61 Å². The Labute approximate surface area is 225 Å². The monoisotopic (exact) mass is 515 g/mol. The molecular weight excluding hydrogens is 462 g/mol. The Morgan fingerprint density at radius 3 is 2.59 bits per heavy atom. The molecular formula is C31H53N3O3. The first-order valence-corrected chi connectivity index (χ1v) is 15.4. The highest BCUT2D eigenvalue weighted by Crippen LogP contribution is 2.69. The first-order chi connectivity index (χ1) is 17.8. The van der Waals surface area contributed by atoms with Crippen molar-refractivity contribution in [1.29, 1.82) is 0 Å². The van der Waals surface area contributed by atoms with E-state index < -0.39 is 5.60 Å². The van der Waals surface area contributed by atoms with Gasteiger partial charge in [0.2, 0.25) is 0 Å². The molecule has 0 aromatic heterocycles. The van der Waals surface area contributed by atoms with Crippen LogP contribution in [0.25, 0.3) is 0 Å². The van der Waals surface area contributed by atoms with Crippen LogP contribution in [0.5, 0.6) is 0 Å². The normalized spacial score (nSPS) is 44.6. The Morgan fingerprint density at radius 2 is 1.81 bits per heavy atom. The van der Waals surface area contributed by atoms with Gasteiger partial charge in [0.25, 0.3) is 0 Å². The molecule has 210 valence electrons. The summed E-state index contributed by atoms with van der Waals surface area (Å²) in [4.78, 5) is 7.76. The molecule has 1 aliphatic heterocycles. The summed E-state index contributed by atoms with van der Waals surface area (Å²) in [6.45, 7) is 12.4. The van der Waals surface area contributed by atoms with E-state index in [-0.39, 0.29) is 5.41 Å². The first-order valence-electron chi connectivity index (χ1n) is 15.4. The molecule has 1 heterocycles. The molecule has 5 aliphatic rings. The van der Waals surface area contributed by atoms with E-state index in [0.717, 1.165) is 43.9 Å². The van der Waals surface area contributed by atoms with E-state index in [2.05, 4.69) is 36.9 Å². The molecule has 3 N–H and O–H groups in total. The molecule has 6 heteroatoms. The van der Waals surface area contributed by atoms with Crippen LogP contribution in [0.2, 0.25) is 0 Å². The van der Waals surface area contributed by atoms with Crippen LogP contribution in [0.4, 0.5) is 0 Å². The van der Waals surface area contributed by atoms with Gasteiger partial charge in [0.15, 0.2) is 0 Å². The van der Waals surface area contributed by atoms with Crippen molar-refractivity contribution in [3.8, 4) is 0 Å². The Hall–Kier alpha value is -0.950. The summed E-state index contributed by atoms with van der Waals surface area (Å²) in [5, 5.41) is 16.6. The van der Waals surface area contributed by atoms with Crippen molar-refractivity contribution in [2.24, 2.45) is 45.4 Å². The number of hydrogen-bond acceptors (Lipinski definition) is 6. The number of nitrogens with zero attached hydrogens (tertiary/aromatic N) is 2. The Balaban J connectivity index is 1.26. The third-order valence-corrected chi connectivity index (χ3v) is 11.8. The average Bonchev–Trinajstić information content (AvgIpc) is 3.48. The molecule has 0 radical (unpaired) electrons. The van der Waals surface area contributed by atoms with Crippen LogP contribution < -0.4 is 5.73 Å². The second-order valence-corrected chi connectivity index (χ2v) is 13.6. The van der Waals surface area contributed by atoms with Gasteiger partial charge in [-0.05, 0) is 125 Å². The maximum absolute atomic E-state index is 12.5. The molecule has 0 amide bonds. The van der Waals surface area contributed by atoms with Gasteiger partial charge in [0.05, 0.1) is 24.5 Å². The van der Waals surface area contributed by atoms with Crippen LogP contribution >= 0.6 is 0 Å². The topological polar surface area (TPSA) is 80.3 Å². The molecule has 0 bridgehead atoms. The van der Waals surface area contributed by atoms with Gasteiger partial charge in [-0.15, -0.1) is 0 Å². The summed E-state index contributed by atoms with van der Waals surface area (Å²) in [7, 11) is 0. The lowest BCUT2D eigenvalue weighted by Gasteiger charge is -2.63. The van der Waals surface area contributed by atoms with Crippen LogP contribution in [0.3, 0.4) is 0 Å². The molecule has 5 fully saturated rings. The van der Waals surface area contributed by atoms with Crippen molar-refractivity contribution in [3.05, 3.63) is 11.6 Å². The molecule has 4 aliphatic carbocycles. The number of oxime groups is 1. The van der Waals surface area contributed by atoms with E-state index in [1.54, 1.807) is 6.21 Å². The minimum atomic E-state index is -0.567. The number of hydrogen-bond donors (Lipinski definition) is 2. The summed E-state index contributed by atoms with van der Waals surface area (Å²) < 4.78 is 6.54. The van der Waals surface area contributed by atoms with Crippen molar-refractivity contribution < 1.29 is 14.7 Å². The van der Waals surface area contributed by atoms with Gasteiger partial charge >= 0.3 is 0 Å². The van der Waals surface area contributed by atoms with E-state index in [1.165, 1.54) is 64.5 Å². The molecule has 0 aromatic carbocycles. The average molecular weight is 516 g/mol. The van der Waals surface area contributed by atoms with Gasteiger partial charge in [-0.2, -0.15) is 0 Å². The van der Waals surface area contributed by atoms with E-state index in [1.807, 2.05) is 0 Å². The van der Waals surface area contributed by atoms with Gasteiger partial charge in [0, 0.05) is 18.5 Å². The molecule has 37 heavy (non-hydrogen) atoms. The molecule has 8 atom stereocenters. The predicted molar refractivity (Wildman–Crippen MR) is 149 cm³/mol. The highest BCUT2D eigenvalue weighted by molar-refractivity contribution is 5.77. The maximum Gasteiger partial charge on any atom is 0.129 e. The van der Waals surface area contributed by atoms with Crippen molar-refractivity contribution in [2.75, 3.05) is 39.4 Å². The third kappa shape index (κ3) is 5.17. The Kier molecular flexibility index (Phi) is 8.41. The lowest BCUT2D eigenvalue weighted by Crippen LogP contribution is -2.62. The first kappa shape index (κ1) is 27.6. The van der Waals surface area contributed by atoms with E-state index in [9.17, 15) is 5.11 Å². The SMILES string of the molecule is CC(C=NOCCN)=C[C@H]1CC[C@]2(O)[C@@H]3CC[C@@H]4CCC(OCCN5CCCC5)C[C@]4(C)[C@H]3CC[C@]12C. The fourth-order valence-corrected chi connectivity index (χ4v) is 9.67. The van der Waals surface area contributed by atoms with Crippen LogP contribution in [0.1, 0.15) is 91.4 Å². The number of rotatable bonds is 9. The summed E-state index contributed by atoms with van der Waals surface area (Å²) in [6, 6.07) is 0.